The fraction of sp³-hybridized carbons (Fsp3) is 0.308. The van der Waals surface area contributed by atoms with Crippen molar-refractivity contribution in [2.24, 2.45) is 11.1 Å². The van der Waals surface area contributed by atoms with Gasteiger partial charge in [-0.25, -0.2) is 0 Å². The lowest BCUT2D eigenvalue weighted by atomic mass is 9.68. The van der Waals surface area contributed by atoms with Gasteiger partial charge >= 0.3 is 0 Å². The van der Waals surface area contributed by atoms with Gasteiger partial charge < -0.3 is 5.73 Å². The maximum Gasteiger partial charge on any atom is 0.289 e. The maximum absolute atomic E-state index is 13.6. The largest absolute Gasteiger partial charge is 0.384 e. The number of halogens is 1. The molecule has 2 aliphatic rings. The summed E-state index contributed by atoms with van der Waals surface area (Å²) in [5.41, 5.74) is 10.7. The third kappa shape index (κ3) is 3.84. The summed E-state index contributed by atoms with van der Waals surface area (Å²) in [5.74, 6) is -0.485. The van der Waals surface area contributed by atoms with Crippen LogP contribution in [0.5, 0.6) is 0 Å². The van der Waals surface area contributed by atoms with Crippen LogP contribution in [0.3, 0.4) is 0 Å². The molecule has 8 heteroatoms. The van der Waals surface area contributed by atoms with E-state index in [0.717, 1.165) is 16.7 Å². The van der Waals surface area contributed by atoms with Gasteiger partial charge in [-0.1, -0.05) is 49.2 Å². The number of Topliss-reactive ketones (excluding diaryl/α,β-unsaturated/α-hetero) is 1. The first-order valence-electron chi connectivity index (χ1n) is 10.9. The zero-order valence-corrected chi connectivity index (χ0v) is 20.2. The van der Waals surface area contributed by atoms with Gasteiger partial charge in [0.2, 0.25) is 0 Å². The fourth-order valence-electron chi connectivity index (χ4n) is 5.04. The van der Waals surface area contributed by atoms with E-state index in [4.69, 9.17) is 17.3 Å². The maximum atomic E-state index is 13.6. The molecule has 1 atom stereocenters. The van der Waals surface area contributed by atoms with E-state index in [2.05, 4.69) is 6.07 Å². The van der Waals surface area contributed by atoms with Crippen molar-refractivity contribution in [3.8, 4) is 6.07 Å². The lowest BCUT2D eigenvalue weighted by molar-refractivity contribution is -0.384. The van der Waals surface area contributed by atoms with Crippen molar-refractivity contribution < 1.29 is 9.72 Å². The molecular weight excluding hydrogens is 452 g/mol. The molecule has 0 amide bonds. The number of allylic oxidation sites excluding steroid dienone is 3. The highest BCUT2D eigenvalue weighted by Gasteiger charge is 2.45. The standard InChI is InChI=1S/C26H25ClN4O3/c1-14-5-7-17(15(2)9-14)23-18(13-28)25(29)30(16-6-8-19(27)20(10-16)31(33)34)21-11-26(3,4)12-22(32)24(21)23/h5-10,23H,11-12,29H2,1-4H3. The van der Waals surface area contributed by atoms with E-state index in [1.54, 1.807) is 11.0 Å². The van der Waals surface area contributed by atoms with E-state index in [9.17, 15) is 20.2 Å². The van der Waals surface area contributed by atoms with Crippen LogP contribution in [0.1, 0.15) is 49.3 Å². The summed E-state index contributed by atoms with van der Waals surface area (Å²) in [4.78, 5) is 26.2. The quantitative estimate of drug-likeness (QED) is 0.442. The van der Waals surface area contributed by atoms with E-state index in [1.165, 1.54) is 12.1 Å². The van der Waals surface area contributed by atoms with Crippen LogP contribution in [-0.2, 0) is 4.79 Å². The average molecular weight is 477 g/mol. The van der Waals surface area contributed by atoms with Gasteiger partial charge in [0.05, 0.1) is 28.2 Å². The first-order chi connectivity index (χ1) is 15.9. The molecule has 1 unspecified atom stereocenters. The van der Waals surface area contributed by atoms with E-state index in [0.29, 0.717) is 29.8 Å². The summed E-state index contributed by atoms with van der Waals surface area (Å²) in [6, 6.07) is 12.5. The molecule has 34 heavy (non-hydrogen) atoms. The lowest BCUT2D eigenvalue weighted by Crippen LogP contribution is -2.42. The molecular formula is C26H25ClN4O3. The molecule has 1 aliphatic heterocycles. The Bertz CT molecular complexity index is 1350. The molecule has 1 aliphatic carbocycles. The van der Waals surface area contributed by atoms with Crippen molar-refractivity contribution in [3.05, 3.63) is 90.9 Å². The summed E-state index contributed by atoms with van der Waals surface area (Å²) in [6.45, 7) is 7.95. The highest BCUT2D eigenvalue weighted by molar-refractivity contribution is 6.32. The smallest absolute Gasteiger partial charge is 0.289 e. The Kier molecular flexibility index (Phi) is 5.74. The highest BCUT2D eigenvalue weighted by atomic mass is 35.5. The van der Waals surface area contributed by atoms with Crippen molar-refractivity contribution in [1.29, 1.82) is 5.26 Å². The number of carbonyl (C=O) groups excluding carboxylic acids is 1. The second kappa shape index (κ2) is 8.30. The van der Waals surface area contributed by atoms with Crippen molar-refractivity contribution >= 4 is 28.8 Å². The molecule has 2 aromatic carbocycles. The van der Waals surface area contributed by atoms with E-state index in [1.807, 2.05) is 45.9 Å². The van der Waals surface area contributed by atoms with Crippen molar-refractivity contribution in [3.63, 3.8) is 0 Å². The number of nitrogens with zero attached hydrogens (tertiary/aromatic N) is 3. The number of carbonyl (C=O) groups is 1. The van der Waals surface area contributed by atoms with Crippen LogP contribution >= 0.6 is 11.6 Å². The summed E-state index contributed by atoms with van der Waals surface area (Å²) in [7, 11) is 0. The Morgan fingerprint density at radius 3 is 2.53 bits per heavy atom. The Morgan fingerprint density at radius 1 is 1.21 bits per heavy atom. The normalized spacial score (nSPS) is 19.7. The molecule has 0 saturated carbocycles. The summed E-state index contributed by atoms with van der Waals surface area (Å²) in [5, 5.41) is 21.7. The predicted molar refractivity (Wildman–Crippen MR) is 131 cm³/mol. The van der Waals surface area contributed by atoms with Gasteiger partial charge in [-0.15, -0.1) is 0 Å². The third-order valence-corrected chi connectivity index (χ3v) is 6.82. The van der Waals surface area contributed by atoms with Crippen LogP contribution in [0, 0.1) is 40.7 Å². The second-order valence-corrected chi connectivity index (χ2v) is 10.1. The van der Waals surface area contributed by atoms with Gasteiger partial charge in [0.1, 0.15) is 10.8 Å². The molecule has 7 nitrogen and oxygen atoms in total. The molecule has 174 valence electrons. The SMILES string of the molecule is Cc1ccc(C2C(C#N)=C(N)N(c3ccc(Cl)c([N+](=O)[O-])c3)C3=C2C(=O)CC(C)(C)C3)c(C)c1. The number of anilines is 1. The number of nitrogens with two attached hydrogens (primary N) is 1. The molecule has 0 aromatic heterocycles. The molecule has 4 rings (SSSR count). The van der Waals surface area contributed by atoms with Gasteiger partial charge in [0, 0.05) is 23.8 Å². The average Bonchev–Trinajstić information content (AvgIpc) is 2.73. The predicted octanol–water partition coefficient (Wildman–Crippen LogP) is 5.81. The number of aryl methyl sites for hydroxylation is 2. The highest BCUT2D eigenvalue weighted by Crippen LogP contribution is 2.51. The van der Waals surface area contributed by atoms with Crippen LogP contribution in [0.15, 0.2) is 59.1 Å². The number of ketones is 1. The summed E-state index contributed by atoms with van der Waals surface area (Å²) < 4.78 is 0. The molecule has 2 N–H and O–H groups in total. The van der Waals surface area contributed by atoms with Crippen molar-refractivity contribution in [2.45, 2.75) is 46.5 Å². The lowest BCUT2D eigenvalue weighted by Gasteiger charge is -2.44. The molecule has 0 bridgehead atoms. The van der Waals surface area contributed by atoms with Gasteiger partial charge in [-0.2, -0.15) is 5.26 Å². The number of rotatable bonds is 3. The number of hydrogen-bond donors (Lipinski definition) is 1. The number of benzene rings is 2. The van der Waals surface area contributed by atoms with Crippen LogP contribution in [-0.4, -0.2) is 10.7 Å². The first kappa shape index (κ1) is 23.5. The first-order valence-corrected chi connectivity index (χ1v) is 11.3. The molecule has 0 spiro atoms. The number of hydrogen-bond acceptors (Lipinski definition) is 6. The van der Waals surface area contributed by atoms with Gasteiger partial charge in [0.25, 0.3) is 5.69 Å². The Hall–Kier alpha value is -3.63. The van der Waals surface area contributed by atoms with E-state index in [-0.39, 0.29) is 33.3 Å². The van der Waals surface area contributed by atoms with Gasteiger partial charge in [-0.05, 0) is 48.9 Å². The topological polar surface area (TPSA) is 113 Å². The summed E-state index contributed by atoms with van der Waals surface area (Å²) in [6.07, 6.45) is 0.853. The van der Waals surface area contributed by atoms with Crippen molar-refractivity contribution in [1.82, 2.24) is 0 Å². The Morgan fingerprint density at radius 2 is 1.91 bits per heavy atom. The number of nitro groups is 1. The van der Waals surface area contributed by atoms with Crippen LogP contribution in [0.4, 0.5) is 11.4 Å². The van der Waals surface area contributed by atoms with Gasteiger partial charge in [0.15, 0.2) is 5.78 Å². The number of nitriles is 1. The zero-order valence-electron chi connectivity index (χ0n) is 19.5. The Balaban J connectivity index is 2.03. The molecule has 0 saturated heterocycles. The van der Waals surface area contributed by atoms with Gasteiger partial charge in [-0.3, -0.25) is 19.8 Å². The zero-order chi connectivity index (χ0) is 24.9. The minimum atomic E-state index is -0.595. The van der Waals surface area contributed by atoms with Crippen LogP contribution in [0.25, 0.3) is 0 Å². The van der Waals surface area contributed by atoms with Crippen LogP contribution in [0.2, 0.25) is 5.02 Å². The minimum Gasteiger partial charge on any atom is -0.384 e. The molecule has 1 heterocycles. The minimum absolute atomic E-state index is 0.00349. The third-order valence-electron chi connectivity index (χ3n) is 6.50. The van der Waals surface area contributed by atoms with E-state index < -0.39 is 10.8 Å². The molecule has 2 aromatic rings. The van der Waals surface area contributed by atoms with Crippen molar-refractivity contribution in [2.75, 3.05) is 4.90 Å². The van der Waals surface area contributed by atoms with E-state index >= 15 is 0 Å². The molecule has 0 fully saturated rings. The molecule has 0 radical (unpaired) electrons. The summed E-state index contributed by atoms with van der Waals surface area (Å²) >= 11 is 6.04. The monoisotopic (exact) mass is 476 g/mol. The fourth-order valence-corrected chi connectivity index (χ4v) is 5.23. The number of nitro benzene ring substituents is 1. The van der Waals surface area contributed by atoms with Crippen LogP contribution < -0.4 is 10.6 Å². The Labute approximate surface area is 203 Å². The second-order valence-electron chi connectivity index (χ2n) is 9.73.